The van der Waals surface area contributed by atoms with Crippen molar-refractivity contribution in [3.05, 3.63) is 65.1 Å². The summed E-state index contributed by atoms with van der Waals surface area (Å²) in [5.41, 5.74) is 9.14. The number of nitrogen functional groups attached to an aromatic ring is 1. The monoisotopic (exact) mass is 467 g/mol. The highest BCUT2D eigenvalue weighted by molar-refractivity contribution is 5.98. The predicted molar refractivity (Wildman–Crippen MR) is 119 cm³/mol. The Bertz CT molecular complexity index is 1480. The van der Waals surface area contributed by atoms with Gasteiger partial charge >= 0.3 is 6.18 Å². The maximum Gasteiger partial charge on any atom is 0.416 e. The third kappa shape index (κ3) is 3.01. The van der Waals surface area contributed by atoms with Gasteiger partial charge < -0.3 is 15.4 Å². The average Bonchev–Trinajstić information content (AvgIpc) is 3.38. The summed E-state index contributed by atoms with van der Waals surface area (Å²) in [4.78, 5) is 24.1. The van der Waals surface area contributed by atoms with Gasteiger partial charge in [-0.15, -0.1) is 0 Å². The predicted octanol–water partition coefficient (Wildman–Crippen LogP) is 4.53. The standard InChI is InChI=1S/C24H20F3N5O2/c1-12-20-22(28)30-16-7-4-13(9-17(16)32(20)11-29-12)23(33)31-8-2-3-18-21(31)15-6-5-14(24(25,26)27)10-19(15)34-18/h4-7,9-11,18,21H,2-3,8H2,1H3,(H2,28,30)/t18?,21-/m0/s1. The zero-order valence-corrected chi connectivity index (χ0v) is 18.1. The van der Waals surface area contributed by atoms with Crippen LogP contribution in [0.25, 0.3) is 16.6 Å². The van der Waals surface area contributed by atoms with Crippen LogP contribution in [0, 0.1) is 6.92 Å². The molecule has 0 spiro atoms. The summed E-state index contributed by atoms with van der Waals surface area (Å²) in [6.45, 7) is 2.32. The topological polar surface area (TPSA) is 85.8 Å². The summed E-state index contributed by atoms with van der Waals surface area (Å²) in [6.07, 6.45) is -1.82. The lowest BCUT2D eigenvalue weighted by Crippen LogP contribution is -2.44. The first-order valence-electron chi connectivity index (χ1n) is 10.9. The van der Waals surface area contributed by atoms with E-state index in [2.05, 4.69) is 9.97 Å². The number of ether oxygens (including phenoxy) is 1. The maximum atomic E-state index is 13.7. The molecule has 34 heavy (non-hydrogen) atoms. The molecule has 2 aromatic carbocycles. The second-order valence-corrected chi connectivity index (χ2v) is 8.74. The van der Waals surface area contributed by atoms with Crippen molar-refractivity contribution in [2.24, 2.45) is 0 Å². The van der Waals surface area contributed by atoms with Gasteiger partial charge in [-0.1, -0.05) is 6.07 Å². The molecular weight excluding hydrogens is 447 g/mol. The number of anilines is 1. The molecule has 2 aromatic heterocycles. The van der Waals surface area contributed by atoms with E-state index in [9.17, 15) is 18.0 Å². The van der Waals surface area contributed by atoms with E-state index in [4.69, 9.17) is 10.5 Å². The van der Waals surface area contributed by atoms with Crippen molar-refractivity contribution in [1.29, 1.82) is 0 Å². The fourth-order valence-corrected chi connectivity index (χ4v) is 5.12. The largest absolute Gasteiger partial charge is 0.488 e. The second-order valence-electron chi connectivity index (χ2n) is 8.74. The van der Waals surface area contributed by atoms with Gasteiger partial charge in [0.05, 0.1) is 28.3 Å². The molecule has 1 amide bonds. The van der Waals surface area contributed by atoms with Crippen molar-refractivity contribution in [2.75, 3.05) is 12.3 Å². The lowest BCUT2D eigenvalue weighted by atomic mass is 9.93. The minimum atomic E-state index is -4.46. The fraction of sp³-hybridized carbons (Fsp3) is 0.292. The number of rotatable bonds is 1. The molecule has 4 heterocycles. The summed E-state index contributed by atoms with van der Waals surface area (Å²) in [5.74, 6) is 0.339. The number of nitrogens with zero attached hydrogens (tertiary/aromatic N) is 4. The van der Waals surface area contributed by atoms with E-state index >= 15 is 0 Å². The van der Waals surface area contributed by atoms with Crippen LogP contribution < -0.4 is 10.5 Å². The number of piperidine rings is 1. The highest BCUT2D eigenvalue weighted by Gasteiger charge is 2.44. The first kappa shape index (κ1) is 20.8. The van der Waals surface area contributed by atoms with E-state index in [-0.39, 0.29) is 17.8 Å². The SMILES string of the molecule is Cc1ncn2c1c(N)nc1ccc(C(=O)N3CCCC4Oc5cc(C(F)(F)F)ccc5[C@@H]43)cc12. The molecule has 0 bridgehead atoms. The number of nitrogens with two attached hydrogens (primary N) is 1. The van der Waals surface area contributed by atoms with Gasteiger partial charge in [0.1, 0.15) is 29.5 Å². The minimum absolute atomic E-state index is 0.193. The molecule has 0 radical (unpaired) electrons. The molecule has 1 unspecified atom stereocenters. The van der Waals surface area contributed by atoms with Gasteiger partial charge in [-0.05, 0) is 50.1 Å². The van der Waals surface area contributed by atoms with Crippen molar-refractivity contribution in [2.45, 2.75) is 38.1 Å². The van der Waals surface area contributed by atoms with E-state index < -0.39 is 17.8 Å². The average molecular weight is 467 g/mol. The molecule has 10 heteroatoms. The Labute approximate surface area is 192 Å². The van der Waals surface area contributed by atoms with Gasteiger partial charge in [0.2, 0.25) is 0 Å². The highest BCUT2D eigenvalue weighted by atomic mass is 19.4. The molecule has 2 aliphatic heterocycles. The van der Waals surface area contributed by atoms with Gasteiger partial charge in [-0.25, -0.2) is 9.97 Å². The summed E-state index contributed by atoms with van der Waals surface area (Å²) < 4.78 is 47.2. The third-order valence-electron chi connectivity index (χ3n) is 6.69. The zero-order valence-electron chi connectivity index (χ0n) is 18.1. The molecule has 1 saturated heterocycles. The van der Waals surface area contributed by atoms with E-state index in [0.29, 0.717) is 52.9 Å². The third-order valence-corrected chi connectivity index (χ3v) is 6.69. The highest BCUT2D eigenvalue weighted by Crippen LogP contribution is 2.46. The Morgan fingerprint density at radius 1 is 1.21 bits per heavy atom. The van der Waals surface area contributed by atoms with Crippen LogP contribution in [-0.2, 0) is 6.18 Å². The van der Waals surface area contributed by atoms with Crippen LogP contribution in [0.4, 0.5) is 19.0 Å². The normalized spacial score (nSPS) is 19.8. The van der Waals surface area contributed by atoms with Crippen LogP contribution in [0.2, 0.25) is 0 Å². The Kier molecular flexibility index (Phi) is 4.33. The van der Waals surface area contributed by atoms with Crippen molar-refractivity contribution in [3.8, 4) is 5.75 Å². The van der Waals surface area contributed by atoms with Crippen LogP contribution in [0.1, 0.15) is 46.1 Å². The Balaban J connectivity index is 1.40. The van der Waals surface area contributed by atoms with Gasteiger partial charge in [0.25, 0.3) is 5.91 Å². The number of benzene rings is 2. The minimum Gasteiger partial charge on any atom is -0.488 e. The first-order valence-corrected chi connectivity index (χ1v) is 10.9. The van der Waals surface area contributed by atoms with Crippen LogP contribution in [0.5, 0.6) is 5.75 Å². The van der Waals surface area contributed by atoms with Gasteiger partial charge in [0.15, 0.2) is 0 Å². The number of carbonyl (C=O) groups is 1. The number of likely N-dealkylation sites (tertiary alicyclic amines) is 1. The van der Waals surface area contributed by atoms with E-state index in [1.165, 1.54) is 6.07 Å². The van der Waals surface area contributed by atoms with Crippen molar-refractivity contribution in [1.82, 2.24) is 19.3 Å². The first-order chi connectivity index (χ1) is 16.2. The number of carbonyl (C=O) groups excluding carboxylic acids is 1. The van der Waals surface area contributed by atoms with Gasteiger partial charge in [-0.3, -0.25) is 9.20 Å². The molecular formula is C24H20F3N5O2. The van der Waals surface area contributed by atoms with Crippen LogP contribution in [0.3, 0.4) is 0 Å². The quantitative estimate of drug-likeness (QED) is 0.445. The number of aromatic nitrogens is 3. The summed E-state index contributed by atoms with van der Waals surface area (Å²) in [5, 5.41) is 0. The Hall–Kier alpha value is -3.82. The molecule has 7 nitrogen and oxygen atoms in total. The molecule has 1 fully saturated rings. The molecule has 0 aliphatic carbocycles. The van der Waals surface area contributed by atoms with E-state index in [1.807, 2.05) is 11.3 Å². The van der Waals surface area contributed by atoms with Crippen LogP contribution >= 0.6 is 0 Å². The molecule has 6 rings (SSSR count). The van der Waals surface area contributed by atoms with Crippen molar-refractivity contribution >= 4 is 28.3 Å². The lowest BCUT2D eigenvalue weighted by Gasteiger charge is -2.36. The number of hydrogen-bond donors (Lipinski definition) is 1. The fourth-order valence-electron chi connectivity index (χ4n) is 5.12. The second kappa shape index (κ2) is 7.09. The number of alkyl halides is 3. The Morgan fingerprint density at radius 2 is 2.03 bits per heavy atom. The number of halogens is 3. The number of imidazole rings is 1. The molecule has 174 valence electrons. The Morgan fingerprint density at radius 3 is 2.82 bits per heavy atom. The van der Waals surface area contributed by atoms with E-state index in [1.54, 1.807) is 29.4 Å². The van der Waals surface area contributed by atoms with Crippen LogP contribution in [-0.4, -0.2) is 37.8 Å². The number of aryl methyl sites for hydroxylation is 1. The molecule has 4 aromatic rings. The van der Waals surface area contributed by atoms with Gasteiger partial charge in [-0.2, -0.15) is 13.2 Å². The summed E-state index contributed by atoms with van der Waals surface area (Å²) in [6, 6.07) is 8.26. The molecule has 2 atom stereocenters. The van der Waals surface area contributed by atoms with Crippen molar-refractivity contribution in [3.63, 3.8) is 0 Å². The molecule has 2 N–H and O–H groups in total. The molecule has 2 aliphatic rings. The summed E-state index contributed by atoms with van der Waals surface area (Å²) >= 11 is 0. The van der Waals surface area contributed by atoms with E-state index in [0.717, 1.165) is 17.8 Å². The number of hydrogen-bond acceptors (Lipinski definition) is 5. The summed E-state index contributed by atoms with van der Waals surface area (Å²) in [7, 11) is 0. The number of fused-ring (bicyclic) bond motifs is 6. The maximum absolute atomic E-state index is 13.7. The van der Waals surface area contributed by atoms with Crippen molar-refractivity contribution < 1.29 is 22.7 Å². The van der Waals surface area contributed by atoms with Crippen LogP contribution in [0.15, 0.2) is 42.7 Å². The zero-order chi connectivity index (χ0) is 23.8. The smallest absolute Gasteiger partial charge is 0.416 e. The number of amides is 1. The van der Waals surface area contributed by atoms with Gasteiger partial charge in [0, 0.05) is 17.7 Å². The lowest BCUT2D eigenvalue weighted by molar-refractivity contribution is -0.137. The molecule has 0 saturated carbocycles.